The average molecular weight is 303 g/mol. The van der Waals surface area contributed by atoms with E-state index < -0.39 is 0 Å². The van der Waals surface area contributed by atoms with Gasteiger partial charge in [0.25, 0.3) is 11.5 Å². The monoisotopic (exact) mass is 303 g/mol. The summed E-state index contributed by atoms with van der Waals surface area (Å²) < 4.78 is 10.5. The first-order valence-corrected chi connectivity index (χ1v) is 6.63. The van der Waals surface area contributed by atoms with Gasteiger partial charge in [-0.25, -0.2) is 5.10 Å². The number of H-pyrrole nitrogens is 1. The Morgan fingerprint density at radius 3 is 2.59 bits per heavy atom. The van der Waals surface area contributed by atoms with Crippen LogP contribution in [0.1, 0.15) is 29.0 Å². The Hall–Kier alpha value is -2.83. The van der Waals surface area contributed by atoms with E-state index in [-0.39, 0.29) is 23.2 Å². The average Bonchev–Trinajstić information content (AvgIpc) is 2.54. The van der Waals surface area contributed by atoms with E-state index >= 15 is 0 Å². The van der Waals surface area contributed by atoms with Gasteiger partial charge in [0.05, 0.1) is 20.3 Å². The lowest BCUT2D eigenvalue weighted by atomic mass is 10.1. The molecule has 2 rings (SSSR count). The van der Waals surface area contributed by atoms with Gasteiger partial charge in [-0.05, 0) is 25.1 Å². The van der Waals surface area contributed by atoms with Crippen LogP contribution in [-0.4, -0.2) is 30.3 Å². The molecule has 116 valence electrons. The summed E-state index contributed by atoms with van der Waals surface area (Å²) in [5.74, 6) is 0.893. The molecule has 2 aromatic rings. The Morgan fingerprint density at radius 1 is 1.23 bits per heavy atom. The van der Waals surface area contributed by atoms with E-state index in [0.717, 1.165) is 5.56 Å². The molecular weight excluding hydrogens is 286 g/mol. The largest absolute Gasteiger partial charge is 0.497 e. The first-order valence-electron chi connectivity index (χ1n) is 6.63. The molecule has 0 spiro atoms. The van der Waals surface area contributed by atoms with Crippen molar-refractivity contribution in [3.8, 4) is 11.5 Å². The van der Waals surface area contributed by atoms with Crippen molar-refractivity contribution < 1.29 is 14.3 Å². The molecule has 0 unspecified atom stereocenters. The third-order valence-electron chi connectivity index (χ3n) is 3.17. The number of rotatable bonds is 5. The fraction of sp³-hybridized carbons (Fsp3) is 0.267. The molecule has 0 saturated heterocycles. The van der Waals surface area contributed by atoms with Crippen LogP contribution >= 0.6 is 0 Å². The number of nitrogens with zero attached hydrogens (tertiary/aromatic N) is 1. The molecule has 7 heteroatoms. The summed E-state index contributed by atoms with van der Waals surface area (Å²) in [4.78, 5) is 23.1. The number of hydrogen-bond donors (Lipinski definition) is 2. The zero-order chi connectivity index (χ0) is 16.1. The van der Waals surface area contributed by atoms with Gasteiger partial charge in [-0.15, -0.1) is 0 Å². The van der Waals surface area contributed by atoms with Gasteiger partial charge < -0.3 is 14.8 Å². The van der Waals surface area contributed by atoms with Crippen molar-refractivity contribution in [3.63, 3.8) is 0 Å². The number of aromatic nitrogens is 2. The molecule has 0 fully saturated rings. The quantitative estimate of drug-likeness (QED) is 0.868. The van der Waals surface area contributed by atoms with Gasteiger partial charge in [-0.2, -0.15) is 5.10 Å². The van der Waals surface area contributed by atoms with Gasteiger partial charge in [0, 0.05) is 17.7 Å². The smallest absolute Gasteiger partial charge is 0.272 e. The van der Waals surface area contributed by atoms with Crippen molar-refractivity contribution in [2.24, 2.45) is 0 Å². The van der Waals surface area contributed by atoms with Gasteiger partial charge in [-0.3, -0.25) is 9.59 Å². The maximum absolute atomic E-state index is 12.1. The minimum absolute atomic E-state index is 0.138. The predicted octanol–water partition coefficient (Wildman–Crippen LogP) is 1.28. The van der Waals surface area contributed by atoms with Crippen molar-refractivity contribution in [2.75, 3.05) is 14.2 Å². The number of aromatic amines is 1. The SMILES string of the molecule is COc1ccc([C@H](C)NC(=O)c2ccc(=O)[nH]n2)c(OC)c1. The standard InChI is InChI=1S/C15H17N3O4/c1-9(11-5-4-10(21-2)8-13(11)22-3)16-15(20)12-6-7-14(19)18-17-12/h4-9H,1-3H3,(H,16,20)(H,18,19)/t9-/m0/s1. The Labute approximate surface area is 127 Å². The molecule has 2 N–H and O–H groups in total. The van der Waals surface area contributed by atoms with Crippen molar-refractivity contribution in [1.29, 1.82) is 0 Å². The highest BCUT2D eigenvalue weighted by atomic mass is 16.5. The van der Waals surface area contributed by atoms with Gasteiger partial charge in [0.1, 0.15) is 17.2 Å². The maximum atomic E-state index is 12.1. The summed E-state index contributed by atoms with van der Waals surface area (Å²) in [6, 6.07) is 7.67. The van der Waals surface area contributed by atoms with Crippen LogP contribution in [0.3, 0.4) is 0 Å². The summed E-state index contributed by atoms with van der Waals surface area (Å²) in [7, 11) is 3.12. The predicted molar refractivity (Wildman–Crippen MR) is 80.3 cm³/mol. The van der Waals surface area contributed by atoms with E-state index in [1.807, 2.05) is 13.0 Å². The molecule has 0 radical (unpaired) electrons. The minimum Gasteiger partial charge on any atom is -0.497 e. The van der Waals surface area contributed by atoms with Crippen LogP contribution in [0.4, 0.5) is 0 Å². The summed E-state index contributed by atoms with van der Waals surface area (Å²) in [5, 5.41) is 8.72. The highest BCUT2D eigenvalue weighted by Crippen LogP contribution is 2.29. The molecule has 0 aliphatic rings. The highest BCUT2D eigenvalue weighted by Gasteiger charge is 2.16. The van der Waals surface area contributed by atoms with Crippen molar-refractivity contribution in [1.82, 2.24) is 15.5 Å². The fourth-order valence-corrected chi connectivity index (χ4v) is 2.00. The van der Waals surface area contributed by atoms with Crippen LogP contribution < -0.4 is 20.3 Å². The first kappa shape index (κ1) is 15.6. The van der Waals surface area contributed by atoms with Crippen LogP contribution in [-0.2, 0) is 0 Å². The molecule has 1 heterocycles. The number of carbonyl (C=O) groups excluding carboxylic acids is 1. The number of nitrogens with one attached hydrogen (secondary N) is 2. The number of benzene rings is 1. The highest BCUT2D eigenvalue weighted by molar-refractivity contribution is 5.92. The second-order valence-electron chi connectivity index (χ2n) is 4.61. The summed E-state index contributed by atoms with van der Waals surface area (Å²) in [6.45, 7) is 1.83. The Kier molecular flexibility index (Phi) is 4.77. The molecule has 1 amide bonds. The van der Waals surface area contributed by atoms with E-state index in [1.54, 1.807) is 26.4 Å². The van der Waals surface area contributed by atoms with Crippen LogP contribution in [0.25, 0.3) is 0 Å². The number of methoxy groups -OCH3 is 2. The summed E-state index contributed by atoms with van der Waals surface area (Å²) in [5.41, 5.74) is 0.585. The number of amides is 1. The van der Waals surface area contributed by atoms with Crippen LogP contribution in [0, 0.1) is 0 Å². The van der Waals surface area contributed by atoms with Crippen molar-refractivity contribution in [2.45, 2.75) is 13.0 Å². The van der Waals surface area contributed by atoms with Crippen molar-refractivity contribution >= 4 is 5.91 Å². The maximum Gasteiger partial charge on any atom is 0.272 e. The second kappa shape index (κ2) is 6.75. The lowest BCUT2D eigenvalue weighted by molar-refractivity contribution is 0.0933. The molecule has 1 atom stereocenters. The Bertz CT molecular complexity index is 706. The summed E-state index contributed by atoms with van der Waals surface area (Å²) in [6.07, 6.45) is 0. The molecule has 1 aromatic carbocycles. The van der Waals surface area contributed by atoms with Crippen molar-refractivity contribution in [3.05, 3.63) is 51.9 Å². The first-order chi connectivity index (χ1) is 10.5. The van der Waals surface area contributed by atoms with Gasteiger partial charge in [0.2, 0.25) is 0 Å². The third kappa shape index (κ3) is 3.43. The Morgan fingerprint density at radius 2 is 2.00 bits per heavy atom. The zero-order valence-electron chi connectivity index (χ0n) is 12.5. The molecular formula is C15H17N3O4. The van der Waals surface area contributed by atoms with E-state index in [4.69, 9.17) is 9.47 Å². The van der Waals surface area contributed by atoms with E-state index in [9.17, 15) is 9.59 Å². The molecule has 0 saturated carbocycles. The van der Waals surface area contributed by atoms with E-state index in [2.05, 4.69) is 15.5 Å². The second-order valence-corrected chi connectivity index (χ2v) is 4.61. The fourth-order valence-electron chi connectivity index (χ4n) is 2.00. The number of carbonyl (C=O) groups is 1. The normalized spacial score (nSPS) is 11.6. The molecule has 0 bridgehead atoms. The Balaban J connectivity index is 2.18. The summed E-state index contributed by atoms with van der Waals surface area (Å²) >= 11 is 0. The van der Waals surface area contributed by atoms with E-state index in [0.29, 0.717) is 11.5 Å². The number of ether oxygens (including phenoxy) is 2. The van der Waals surface area contributed by atoms with Gasteiger partial charge >= 0.3 is 0 Å². The zero-order valence-corrected chi connectivity index (χ0v) is 12.5. The number of hydrogen-bond acceptors (Lipinski definition) is 5. The lowest BCUT2D eigenvalue weighted by Gasteiger charge is -2.17. The van der Waals surface area contributed by atoms with Gasteiger partial charge in [-0.1, -0.05) is 0 Å². The molecule has 22 heavy (non-hydrogen) atoms. The third-order valence-corrected chi connectivity index (χ3v) is 3.17. The molecule has 1 aromatic heterocycles. The van der Waals surface area contributed by atoms with Crippen LogP contribution in [0.2, 0.25) is 0 Å². The van der Waals surface area contributed by atoms with Crippen LogP contribution in [0.15, 0.2) is 35.1 Å². The van der Waals surface area contributed by atoms with Gasteiger partial charge in [0.15, 0.2) is 0 Å². The van der Waals surface area contributed by atoms with E-state index in [1.165, 1.54) is 12.1 Å². The topological polar surface area (TPSA) is 93.3 Å². The minimum atomic E-state index is -0.387. The molecule has 0 aliphatic carbocycles. The lowest BCUT2D eigenvalue weighted by Crippen LogP contribution is -2.28. The van der Waals surface area contributed by atoms with Crippen LogP contribution in [0.5, 0.6) is 11.5 Å². The molecule has 0 aliphatic heterocycles. The molecule has 7 nitrogen and oxygen atoms in total.